The zero-order chi connectivity index (χ0) is 16.5. The number of hydrogen-bond donors (Lipinski definition) is 0. The average Bonchev–Trinajstić information content (AvgIpc) is 3.15. The van der Waals surface area contributed by atoms with Crippen molar-refractivity contribution in [3.8, 4) is 0 Å². The Morgan fingerprint density at radius 3 is 2.83 bits per heavy atom. The first kappa shape index (κ1) is 15.1. The van der Waals surface area contributed by atoms with Gasteiger partial charge in [0.15, 0.2) is 0 Å². The molecule has 2 aliphatic carbocycles. The summed E-state index contributed by atoms with van der Waals surface area (Å²) in [7, 11) is -3.51. The summed E-state index contributed by atoms with van der Waals surface area (Å²) in [4.78, 5) is 12.7. The van der Waals surface area contributed by atoms with Gasteiger partial charge < -0.3 is 0 Å². The summed E-state index contributed by atoms with van der Waals surface area (Å²) in [6.45, 7) is 4.73. The lowest BCUT2D eigenvalue weighted by Crippen LogP contribution is -2.44. The summed E-state index contributed by atoms with van der Waals surface area (Å²) < 4.78 is 28.2. The van der Waals surface area contributed by atoms with Crippen molar-refractivity contribution >= 4 is 15.9 Å². The second kappa shape index (κ2) is 4.55. The molecular formula is C15H22N4O3S. The van der Waals surface area contributed by atoms with E-state index in [0.29, 0.717) is 12.5 Å². The molecule has 1 saturated heterocycles. The van der Waals surface area contributed by atoms with Crippen LogP contribution < -0.4 is 0 Å². The van der Waals surface area contributed by atoms with Crippen molar-refractivity contribution in [3.05, 3.63) is 12.4 Å². The molecule has 0 aromatic carbocycles. The van der Waals surface area contributed by atoms with E-state index in [1.54, 1.807) is 17.1 Å². The minimum atomic E-state index is -3.51. The van der Waals surface area contributed by atoms with Gasteiger partial charge in [-0.2, -0.15) is 0 Å². The summed E-state index contributed by atoms with van der Waals surface area (Å²) >= 11 is 0. The highest BCUT2D eigenvalue weighted by Crippen LogP contribution is 2.69. The van der Waals surface area contributed by atoms with Gasteiger partial charge in [-0.1, -0.05) is 19.1 Å². The number of carbonyl (C=O) groups is 1. The van der Waals surface area contributed by atoms with Crippen LogP contribution in [0.1, 0.15) is 39.5 Å². The second-order valence-corrected chi connectivity index (χ2v) is 9.57. The zero-order valence-electron chi connectivity index (χ0n) is 13.5. The molecule has 3 atom stereocenters. The lowest BCUT2D eigenvalue weighted by molar-refractivity contribution is -0.129. The minimum Gasteiger partial charge on any atom is -0.274 e. The molecule has 0 N–H and O–H groups in total. The Balaban J connectivity index is 1.60. The number of carbonyl (C=O) groups excluding carboxylic acids is 1. The van der Waals surface area contributed by atoms with Crippen LogP contribution in [0.5, 0.6) is 0 Å². The van der Waals surface area contributed by atoms with Gasteiger partial charge in [-0.15, -0.1) is 5.10 Å². The molecule has 1 aliphatic heterocycles. The second-order valence-electron chi connectivity index (χ2n) is 7.73. The first-order valence-electron chi connectivity index (χ1n) is 8.17. The van der Waals surface area contributed by atoms with E-state index in [9.17, 15) is 13.2 Å². The number of hydrogen-bond acceptors (Lipinski definition) is 5. The van der Waals surface area contributed by atoms with Crippen molar-refractivity contribution in [2.24, 2.45) is 16.7 Å². The monoisotopic (exact) mass is 338 g/mol. The molecule has 7 nitrogen and oxygen atoms in total. The molecule has 3 fully saturated rings. The highest BCUT2D eigenvalue weighted by Gasteiger charge is 2.72. The fourth-order valence-corrected chi connectivity index (χ4v) is 7.87. The maximum atomic E-state index is 12.7. The van der Waals surface area contributed by atoms with Crippen LogP contribution in [0.25, 0.3) is 0 Å². The van der Waals surface area contributed by atoms with Gasteiger partial charge in [-0.05, 0) is 30.6 Å². The third kappa shape index (κ3) is 1.87. The van der Waals surface area contributed by atoms with Crippen LogP contribution in [0.2, 0.25) is 0 Å². The third-order valence-electron chi connectivity index (χ3n) is 6.68. The Morgan fingerprint density at radius 2 is 2.17 bits per heavy atom. The van der Waals surface area contributed by atoms with E-state index < -0.39 is 10.0 Å². The van der Waals surface area contributed by atoms with Gasteiger partial charge in [0.25, 0.3) is 0 Å². The number of rotatable bonds is 3. The van der Waals surface area contributed by atoms with Gasteiger partial charge in [-0.3, -0.25) is 9.48 Å². The molecule has 0 unspecified atom stereocenters. The van der Waals surface area contributed by atoms with Crippen LogP contribution in [0.4, 0.5) is 0 Å². The molecular weight excluding hydrogens is 316 g/mol. The van der Waals surface area contributed by atoms with Crippen LogP contribution in [0, 0.1) is 16.7 Å². The van der Waals surface area contributed by atoms with E-state index in [1.165, 1.54) is 4.31 Å². The predicted octanol–water partition coefficient (Wildman–Crippen LogP) is 1.04. The van der Waals surface area contributed by atoms with Crippen molar-refractivity contribution in [1.29, 1.82) is 0 Å². The molecule has 1 aromatic heterocycles. The summed E-state index contributed by atoms with van der Waals surface area (Å²) in [5.74, 6) is 0.350. The Kier molecular flexibility index (Phi) is 2.99. The van der Waals surface area contributed by atoms with Crippen molar-refractivity contribution in [3.63, 3.8) is 0 Å². The fraction of sp³-hybridized carbons (Fsp3) is 0.800. The molecule has 0 radical (unpaired) electrons. The smallest absolute Gasteiger partial charge is 0.238 e. The molecule has 8 heteroatoms. The highest BCUT2D eigenvalue weighted by atomic mass is 32.2. The Labute approximate surface area is 136 Å². The number of fused-ring (bicyclic) bond motifs is 1. The number of amides is 1. The van der Waals surface area contributed by atoms with Crippen molar-refractivity contribution < 1.29 is 13.2 Å². The normalized spacial score (nSPS) is 36.3. The Bertz CT molecular complexity index is 743. The fourth-order valence-electron chi connectivity index (χ4n) is 5.29. The Morgan fingerprint density at radius 1 is 1.39 bits per heavy atom. The van der Waals surface area contributed by atoms with Crippen molar-refractivity contribution in [1.82, 2.24) is 19.3 Å². The van der Waals surface area contributed by atoms with Crippen molar-refractivity contribution in [2.45, 2.75) is 52.1 Å². The van der Waals surface area contributed by atoms with E-state index >= 15 is 0 Å². The van der Waals surface area contributed by atoms with Gasteiger partial charge in [0.2, 0.25) is 15.9 Å². The number of aromatic nitrogens is 3. The summed E-state index contributed by atoms with van der Waals surface area (Å²) in [5.41, 5.74) is -0.259. The first-order valence-corrected chi connectivity index (χ1v) is 9.78. The van der Waals surface area contributed by atoms with E-state index in [0.717, 1.165) is 19.3 Å². The maximum absolute atomic E-state index is 12.7. The molecule has 3 aliphatic rings. The molecule has 1 spiro atoms. The van der Waals surface area contributed by atoms with Gasteiger partial charge >= 0.3 is 0 Å². The van der Waals surface area contributed by atoms with Gasteiger partial charge in [-0.25, -0.2) is 12.7 Å². The van der Waals surface area contributed by atoms with Crippen LogP contribution in [0.15, 0.2) is 12.4 Å². The van der Waals surface area contributed by atoms with Gasteiger partial charge in [0.05, 0.1) is 24.5 Å². The van der Waals surface area contributed by atoms with Crippen LogP contribution in [-0.2, 0) is 21.4 Å². The molecule has 2 heterocycles. The van der Waals surface area contributed by atoms with E-state index in [4.69, 9.17) is 0 Å². The van der Waals surface area contributed by atoms with Gasteiger partial charge in [0.1, 0.15) is 0 Å². The molecule has 4 rings (SSSR count). The lowest BCUT2D eigenvalue weighted by Gasteiger charge is -2.37. The predicted molar refractivity (Wildman–Crippen MR) is 82.6 cm³/mol. The molecule has 2 bridgehead atoms. The largest absolute Gasteiger partial charge is 0.274 e. The summed E-state index contributed by atoms with van der Waals surface area (Å²) in [5, 5.41) is 7.52. The Hall–Kier alpha value is -1.44. The molecule has 1 amide bonds. The van der Waals surface area contributed by atoms with Crippen molar-refractivity contribution in [2.75, 3.05) is 5.75 Å². The average molecular weight is 338 g/mol. The van der Waals surface area contributed by atoms with Crippen LogP contribution in [-0.4, -0.2) is 45.4 Å². The van der Waals surface area contributed by atoms with Crippen LogP contribution in [0.3, 0.4) is 0 Å². The van der Waals surface area contributed by atoms with E-state index in [1.807, 2.05) is 0 Å². The quantitative estimate of drug-likeness (QED) is 0.822. The molecule has 2 saturated carbocycles. The zero-order valence-corrected chi connectivity index (χ0v) is 14.3. The first-order chi connectivity index (χ1) is 10.8. The number of aryl methyl sites for hydroxylation is 1. The topological polar surface area (TPSA) is 85.2 Å². The highest BCUT2D eigenvalue weighted by molar-refractivity contribution is 7.90. The summed E-state index contributed by atoms with van der Waals surface area (Å²) in [6.07, 6.45) is 6.18. The van der Waals surface area contributed by atoms with E-state index in [2.05, 4.69) is 24.2 Å². The lowest BCUT2D eigenvalue weighted by atomic mass is 9.69. The minimum absolute atomic E-state index is 0.00826. The number of sulfonamides is 1. The maximum Gasteiger partial charge on any atom is 0.238 e. The van der Waals surface area contributed by atoms with E-state index in [-0.39, 0.29) is 35.0 Å². The standard InChI is InChI=1S/C15H22N4O3S/c1-14(2)11-3-5-15(14)10-23(21,22)19(12(15)9-11)13(20)4-7-18-8-6-16-17-18/h6,8,11-12H,3-5,7,9-10H2,1-2H3/t11-,12-,15-/m1/s1. The summed E-state index contributed by atoms with van der Waals surface area (Å²) in [6, 6.07) is -0.149. The van der Waals surface area contributed by atoms with Crippen LogP contribution >= 0.6 is 0 Å². The van der Waals surface area contributed by atoms with Gasteiger partial charge in [0, 0.05) is 18.0 Å². The third-order valence-corrected chi connectivity index (χ3v) is 8.62. The number of nitrogens with zero attached hydrogens (tertiary/aromatic N) is 4. The SMILES string of the molecule is CC1(C)[C@@H]2CC[C@]13CS(=O)(=O)N(C(=O)CCn1ccnn1)[C@@H]3C2. The molecule has 1 aromatic rings. The molecule has 126 valence electrons. The molecule has 23 heavy (non-hydrogen) atoms.